The van der Waals surface area contributed by atoms with E-state index in [1.54, 1.807) is 0 Å². The van der Waals surface area contributed by atoms with Gasteiger partial charge in [-0.15, -0.1) is 0 Å². The number of hydrogen-bond donors (Lipinski definition) is 0. The van der Waals surface area contributed by atoms with Crippen LogP contribution in [0.15, 0.2) is 12.2 Å². The Bertz CT molecular complexity index is 129. The quantitative estimate of drug-likeness (QED) is 0.446. The van der Waals surface area contributed by atoms with E-state index in [0.29, 0.717) is 0 Å². The minimum atomic E-state index is 0.763. The van der Waals surface area contributed by atoms with Crippen LogP contribution >= 0.6 is 0 Å². The van der Waals surface area contributed by atoms with Gasteiger partial charge in [0.15, 0.2) is 0 Å². The molecule has 0 saturated carbocycles. The van der Waals surface area contributed by atoms with Crippen molar-refractivity contribution < 1.29 is 4.74 Å². The number of ether oxygens (including phenoxy) is 1. The van der Waals surface area contributed by atoms with Crippen molar-refractivity contribution in [2.45, 2.75) is 12.8 Å². The van der Waals surface area contributed by atoms with E-state index in [0.717, 1.165) is 25.0 Å². The van der Waals surface area contributed by atoms with Gasteiger partial charge in [-0.2, -0.15) is 0 Å². The van der Waals surface area contributed by atoms with E-state index >= 15 is 0 Å². The molecule has 0 spiro atoms. The van der Waals surface area contributed by atoms with Crippen LogP contribution in [0, 0.1) is 11.8 Å². The smallest absolute Gasteiger partial charge is 0.0532 e. The highest BCUT2D eigenvalue weighted by Crippen LogP contribution is 2.29. The maximum Gasteiger partial charge on any atom is 0.0532 e. The molecule has 2 aliphatic rings. The number of hydrogen-bond acceptors (Lipinski definition) is 1. The van der Waals surface area contributed by atoms with Crippen molar-refractivity contribution in [2.75, 3.05) is 13.2 Å². The van der Waals surface area contributed by atoms with Crippen molar-refractivity contribution in [3.8, 4) is 0 Å². The summed E-state index contributed by atoms with van der Waals surface area (Å²) < 4.78 is 5.34. The second-order valence-electron chi connectivity index (χ2n) is 2.97. The lowest BCUT2D eigenvalue weighted by Crippen LogP contribution is -2.12. The van der Waals surface area contributed by atoms with Gasteiger partial charge in [0, 0.05) is 5.92 Å². The lowest BCUT2D eigenvalue weighted by molar-refractivity contribution is 0.182. The van der Waals surface area contributed by atoms with E-state index in [2.05, 4.69) is 12.2 Å². The van der Waals surface area contributed by atoms with Gasteiger partial charge in [-0.25, -0.2) is 0 Å². The average molecular weight is 124 g/mol. The summed E-state index contributed by atoms with van der Waals surface area (Å²) in [5.41, 5.74) is 0. The standard InChI is InChI=1S/C8H12O/c1-2-4-8-6-9-5-7(8)3-1/h1,3,7-8H,2,4-6H2/t7-,8+/m0/s1. The third kappa shape index (κ3) is 0.897. The Morgan fingerprint density at radius 2 is 2.33 bits per heavy atom. The second kappa shape index (κ2) is 2.14. The Kier molecular flexibility index (Phi) is 1.31. The molecule has 1 aliphatic carbocycles. The molecule has 2 rings (SSSR count). The van der Waals surface area contributed by atoms with Crippen LogP contribution in [-0.4, -0.2) is 13.2 Å². The highest BCUT2D eigenvalue weighted by molar-refractivity contribution is 4.98. The topological polar surface area (TPSA) is 9.23 Å². The minimum absolute atomic E-state index is 0.763. The van der Waals surface area contributed by atoms with Crippen LogP contribution in [0.5, 0.6) is 0 Å². The Balaban J connectivity index is 2.10. The predicted octanol–water partition coefficient (Wildman–Crippen LogP) is 1.60. The molecule has 1 saturated heterocycles. The highest BCUT2D eigenvalue weighted by atomic mass is 16.5. The van der Waals surface area contributed by atoms with Crippen molar-refractivity contribution in [2.24, 2.45) is 11.8 Å². The summed E-state index contributed by atoms with van der Waals surface area (Å²) in [4.78, 5) is 0. The van der Waals surface area contributed by atoms with Crippen molar-refractivity contribution in [3.05, 3.63) is 12.2 Å². The molecule has 9 heavy (non-hydrogen) atoms. The van der Waals surface area contributed by atoms with Gasteiger partial charge >= 0.3 is 0 Å². The van der Waals surface area contributed by atoms with Crippen molar-refractivity contribution in [3.63, 3.8) is 0 Å². The fraction of sp³-hybridized carbons (Fsp3) is 0.750. The number of allylic oxidation sites excluding steroid dienone is 1. The Morgan fingerprint density at radius 3 is 3.22 bits per heavy atom. The van der Waals surface area contributed by atoms with Crippen LogP contribution in [0.1, 0.15) is 12.8 Å². The van der Waals surface area contributed by atoms with Crippen molar-refractivity contribution in [1.82, 2.24) is 0 Å². The van der Waals surface area contributed by atoms with Crippen LogP contribution in [0.2, 0.25) is 0 Å². The Morgan fingerprint density at radius 1 is 1.33 bits per heavy atom. The van der Waals surface area contributed by atoms with Crippen molar-refractivity contribution >= 4 is 0 Å². The zero-order chi connectivity index (χ0) is 6.10. The molecule has 0 aromatic rings. The fourth-order valence-electron chi connectivity index (χ4n) is 1.71. The Hall–Kier alpha value is -0.300. The number of fused-ring (bicyclic) bond motifs is 1. The maximum atomic E-state index is 5.34. The molecule has 1 aliphatic heterocycles. The lowest BCUT2D eigenvalue weighted by atomic mass is 9.87. The normalized spacial score (nSPS) is 40.9. The van der Waals surface area contributed by atoms with Gasteiger partial charge in [0.25, 0.3) is 0 Å². The molecule has 1 fully saturated rings. The molecule has 50 valence electrons. The van der Waals surface area contributed by atoms with Gasteiger partial charge in [-0.1, -0.05) is 12.2 Å². The van der Waals surface area contributed by atoms with E-state index in [1.807, 2.05) is 0 Å². The van der Waals surface area contributed by atoms with Crippen molar-refractivity contribution in [1.29, 1.82) is 0 Å². The first kappa shape index (κ1) is 5.48. The second-order valence-corrected chi connectivity index (χ2v) is 2.97. The van der Waals surface area contributed by atoms with E-state index in [1.165, 1.54) is 12.8 Å². The maximum absolute atomic E-state index is 5.34. The summed E-state index contributed by atoms with van der Waals surface area (Å²) in [6.07, 6.45) is 7.22. The summed E-state index contributed by atoms with van der Waals surface area (Å²) in [6.45, 7) is 1.98. The molecule has 0 bridgehead atoms. The Labute approximate surface area is 55.7 Å². The summed E-state index contributed by atoms with van der Waals surface area (Å²) in [5, 5.41) is 0. The van der Waals surface area contributed by atoms with Crippen LogP contribution in [-0.2, 0) is 4.74 Å². The van der Waals surface area contributed by atoms with Gasteiger partial charge in [-0.05, 0) is 18.8 Å². The van der Waals surface area contributed by atoms with Crippen LogP contribution in [0.3, 0.4) is 0 Å². The monoisotopic (exact) mass is 124 g/mol. The largest absolute Gasteiger partial charge is 0.381 e. The van der Waals surface area contributed by atoms with E-state index in [9.17, 15) is 0 Å². The fourth-order valence-corrected chi connectivity index (χ4v) is 1.71. The third-order valence-corrected chi connectivity index (χ3v) is 2.34. The van der Waals surface area contributed by atoms with Gasteiger partial charge in [0.1, 0.15) is 0 Å². The molecule has 1 heterocycles. The van der Waals surface area contributed by atoms with E-state index < -0.39 is 0 Å². The molecule has 2 atom stereocenters. The van der Waals surface area contributed by atoms with E-state index in [4.69, 9.17) is 4.74 Å². The van der Waals surface area contributed by atoms with Gasteiger partial charge < -0.3 is 4.74 Å². The molecule has 0 aromatic carbocycles. The highest BCUT2D eigenvalue weighted by Gasteiger charge is 2.26. The summed E-state index contributed by atoms with van der Waals surface area (Å²) in [6, 6.07) is 0. The molecule has 0 amide bonds. The zero-order valence-corrected chi connectivity index (χ0v) is 5.55. The summed E-state index contributed by atoms with van der Waals surface area (Å²) in [5.74, 6) is 1.62. The van der Waals surface area contributed by atoms with Gasteiger partial charge in [-0.3, -0.25) is 0 Å². The zero-order valence-electron chi connectivity index (χ0n) is 5.55. The predicted molar refractivity (Wildman–Crippen MR) is 36.2 cm³/mol. The average Bonchev–Trinajstić information content (AvgIpc) is 2.33. The molecule has 1 heteroatoms. The first-order chi connectivity index (χ1) is 4.47. The minimum Gasteiger partial charge on any atom is -0.381 e. The van der Waals surface area contributed by atoms with E-state index in [-0.39, 0.29) is 0 Å². The first-order valence-corrected chi connectivity index (χ1v) is 3.71. The SMILES string of the molecule is C1=C[C@H]2COC[C@H]2CC1. The summed E-state index contributed by atoms with van der Waals surface area (Å²) >= 11 is 0. The van der Waals surface area contributed by atoms with Gasteiger partial charge in [0.05, 0.1) is 13.2 Å². The first-order valence-electron chi connectivity index (χ1n) is 3.71. The summed E-state index contributed by atoms with van der Waals surface area (Å²) in [7, 11) is 0. The lowest BCUT2D eigenvalue weighted by Gasteiger charge is -2.16. The van der Waals surface area contributed by atoms with Crippen LogP contribution < -0.4 is 0 Å². The molecule has 0 unspecified atom stereocenters. The third-order valence-electron chi connectivity index (χ3n) is 2.34. The van der Waals surface area contributed by atoms with Crippen LogP contribution in [0.25, 0.3) is 0 Å². The molecular weight excluding hydrogens is 112 g/mol. The molecule has 1 nitrogen and oxygen atoms in total. The number of rotatable bonds is 0. The molecular formula is C8H12O. The molecule has 0 radical (unpaired) electrons. The van der Waals surface area contributed by atoms with Gasteiger partial charge in [0.2, 0.25) is 0 Å². The molecule has 0 N–H and O–H groups in total. The molecule has 0 aromatic heterocycles. The van der Waals surface area contributed by atoms with Crippen LogP contribution in [0.4, 0.5) is 0 Å².